The highest BCUT2D eigenvalue weighted by Gasteiger charge is 2.25. The fourth-order valence-electron chi connectivity index (χ4n) is 5.30. The van der Waals surface area contributed by atoms with Crippen LogP contribution in [0.25, 0.3) is 28.3 Å². The van der Waals surface area contributed by atoms with E-state index in [-0.39, 0.29) is 5.41 Å². The van der Waals surface area contributed by atoms with Crippen molar-refractivity contribution < 1.29 is 0 Å². The van der Waals surface area contributed by atoms with Gasteiger partial charge >= 0.3 is 0 Å². The molecule has 0 atom stereocenters. The van der Waals surface area contributed by atoms with Crippen LogP contribution in [-0.2, 0) is 5.41 Å². The minimum atomic E-state index is -0.197. The molecule has 192 valence electrons. The highest BCUT2D eigenvalue weighted by atomic mass is 15.1. The van der Waals surface area contributed by atoms with Crippen molar-refractivity contribution in [2.45, 2.75) is 58.8 Å². The minimum Gasteiger partial charge on any atom is -0.299 e. The molecular weight excluding hydrogens is 462 g/mol. The minimum absolute atomic E-state index is 0.197. The summed E-state index contributed by atoms with van der Waals surface area (Å²) in [6.07, 6.45) is 5.88. The Bertz CT molecular complexity index is 1510. The van der Waals surface area contributed by atoms with E-state index in [1.807, 2.05) is 24.5 Å². The molecule has 0 fully saturated rings. The monoisotopic (exact) mass is 499 g/mol. The van der Waals surface area contributed by atoms with Gasteiger partial charge in [0.25, 0.3) is 0 Å². The molecule has 0 aliphatic heterocycles. The lowest BCUT2D eigenvalue weighted by Crippen LogP contribution is -2.19. The van der Waals surface area contributed by atoms with Crippen LogP contribution >= 0.6 is 0 Å². The van der Waals surface area contributed by atoms with Gasteiger partial charge in [-0.1, -0.05) is 102 Å². The Morgan fingerprint density at radius 1 is 0.632 bits per heavy atom. The van der Waals surface area contributed by atoms with E-state index in [2.05, 4.69) is 130 Å². The Morgan fingerprint density at radius 3 is 1.84 bits per heavy atom. The standard InChI is InChI=1S/C35H37N3/c1-24(2)30-16-11-17-31(25(3)4)33(30)38-21-20-37-34(38)27-13-10-15-29(23-27)35(5,6)28-14-9-12-26(22-28)32-18-7-8-19-36-32/h7-25H,1-6H3. The van der Waals surface area contributed by atoms with Crippen molar-refractivity contribution in [3.8, 4) is 28.3 Å². The number of pyridine rings is 1. The fraction of sp³-hybridized carbons (Fsp3) is 0.257. The van der Waals surface area contributed by atoms with Crippen LogP contribution < -0.4 is 0 Å². The second kappa shape index (κ2) is 10.4. The van der Waals surface area contributed by atoms with E-state index in [0.717, 1.165) is 22.6 Å². The maximum Gasteiger partial charge on any atom is 0.144 e. The number of imidazole rings is 1. The van der Waals surface area contributed by atoms with Gasteiger partial charge in [0.15, 0.2) is 0 Å². The third-order valence-electron chi connectivity index (χ3n) is 7.61. The summed E-state index contributed by atoms with van der Waals surface area (Å²) in [4.78, 5) is 9.43. The zero-order chi connectivity index (χ0) is 26.9. The summed E-state index contributed by atoms with van der Waals surface area (Å²) in [5.41, 5.74) is 9.51. The number of hydrogen-bond donors (Lipinski definition) is 0. The Morgan fingerprint density at radius 2 is 1.24 bits per heavy atom. The molecule has 0 aliphatic rings. The first-order valence-electron chi connectivity index (χ1n) is 13.6. The van der Waals surface area contributed by atoms with Crippen LogP contribution in [0.2, 0.25) is 0 Å². The van der Waals surface area contributed by atoms with E-state index in [1.54, 1.807) is 0 Å². The molecule has 0 spiro atoms. The predicted molar refractivity (Wildman–Crippen MR) is 159 cm³/mol. The van der Waals surface area contributed by atoms with Crippen LogP contribution in [0.15, 0.2) is 104 Å². The molecule has 0 N–H and O–H groups in total. The molecule has 5 rings (SSSR count). The average molecular weight is 500 g/mol. The molecule has 2 aromatic heterocycles. The molecule has 38 heavy (non-hydrogen) atoms. The summed E-state index contributed by atoms with van der Waals surface area (Å²) < 4.78 is 2.29. The van der Waals surface area contributed by atoms with Crippen LogP contribution in [0.3, 0.4) is 0 Å². The van der Waals surface area contributed by atoms with Crippen LogP contribution in [0, 0.1) is 0 Å². The van der Waals surface area contributed by atoms with E-state index in [1.165, 1.54) is 27.9 Å². The Balaban J connectivity index is 1.59. The molecule has 0 unspecified atom stereocenters. The molecule has 3 nitrogen and oxygen atoms in total. The van der Waals surface area contributed by atoms with E-state index in [4.69, 9.17) is 4.98 Å². The maximum atomic E-state index is 4.87. The summed E-state index contributed by atoms with van der Waals surface area (Å²) >= 11 is 0. The van der Waals surface area contributed by atoms with Crippen molar-refractivity contribution in [3.63, 3.8) is 0 Å². The molecule has 0 radical (unpaired) electrons. The van der Waals surface area contributed by atoms with Crippen LogP contribution in [0.4, 0.5) is 0 Å². The van der Waals surface area contributed by atoms with Crippen LogP contribution in [0.1, 0.15) is 75.6 Å². The number of aromatic nitrogens is 3. The number of nitrogens with zero attached hydrogens (tertiary/aromatic N) is 3. The van der Waals surface area contributed by atoms with Gasteiger partial charge in [-0.05, 0) is 58.4 Å². The van der Waals surface area contributed by atoms with Gasteiger partial charge in [-0.25, -0.2) is 4.98 Å². The molecule has 3 heteroatoms. The molecule has 0 amide bonds. The Hall–Kier alpha value is -3.98. The Kier molecular flexibility index (Phi) is 7.03. The largest absolute Gasteiger partial charge is 0.299 e. The van der Waals surface area contributed by atoms with Crippen molar-refractivity contribution >= 4 is 0 Å². The van der Waals surface area contributed by atoms with E-state index >= 15 is 0 Å². The van der Waals surface area contributed by atoms with E-state index < -0.39 is 0 Å². The molecule has 0 aliphatic carbocycles. The van der Waals surface area contributed by atoms with Gasteiger partial charge in [0.1, 0.15) is 5.82 Å². The lowest BCUT2D eigenvalue weighted by molar-refractivity contribution is 0.641. The Labute approximate surface area is 227 Å². The normalized spacial score (nSPS) is 11.9. The van der Waals surface area contributed by atoms with Gasteiger partial charge < -0.3 is 0 Å². The summed E-state index contributed by atoms with van der Waals surface area (Å²) in [6.45, 7) is 13.6. The second-order valence-electron chi connectivity index (χ2n) is 11.2. The summed E-state index contributed by atoms with van der Waals surface area (Å²) in [7, 11) is 0. The summed E-state index contributed by atoms with van der Waals surface area (Å²) in [6, 6.07) is 30.4. The summed E-state index contributed by atoms with van der Waals surface area (Å²) in [5.74, 6) is 1.80. The third-order valence-corrected chi connectivity index (χ3v) is 7.61. The highest BCUT2D eigenvalue weighted by Crippen LogP contribution is 2.37. The first-order valence-corrected chi connectivity index (χ1v) is 13.6. The van der Waals surface area contributed by atoms with Crippen molar-refractivity contribution in [2.75, 3.05) is 0 Å². The SMILES string of the molecule is CC(C)c1cccc(C(C)C)c1-n1ccnc1-c1cccc(C(C)(C)c2cccc(-c3ccccn3)c2)c1. The second-order valence-corrected chi connectivity index (χ2v) is 11.2. The lowest BCUT2D eigenvalue weighted by atomic mass is 9.77. The summed E-state index contributed by atoms with van der Waals surface area (Å²) in [5, 5.41) is 0. The van der Waals surface area contributed by atoms with Gasteiger partial charge in [-0.3, -0.25) is 9.55 Å². The highest BCUT2D eigenvalue weighted by molar-refractivity contribution is 5.65. The van der Waals surface area contributed by atoms with Gasteiger partial charge in [0.2, 0.25) is 0 Å². The van der Waals surface area contributed by atoms with Gasteiger partial charge in [0, 0.05) is 35.1 Å². The number of rotatable bonds is 7. The van der Waals surface area contributed by atoms with Crippen molar-refractivity contribution in [1.82, 2.24) is 14.5 Å². The van der Waals surface area contributed by atoms with Gasteiger partial charge in [-0.2, -0.15) is 0 Å². The van der Waals surface area contributed by atoms with Crippen molar-refractivity contribution in [3.05, 3.63) is 126 Å². The van der Waals surface area contributed by atoms with E-state index in [0.29, 0.717) is 11.8 Å². The van der Waals surface area contributed by atoms with Gasteiger partial charge in [-0.15, -0.1) is 0 Å². The van der Waals surface area contributed by atoms with Crippen LogP contribution in [0.5, 0.6) is 0 Å². The quantitative estimate of drug-likeness (QED) is 0.223. The molecule has 0 saturated heterocycles. The molecule has 3 aromatic carbocycles. The third kappa shape index (κ3) is 4.81. The first-order chi connectivity index (χ1) is 18.3. The zero-order valence-electron chi connectivity index (χ0n) is 23.3. The average Bonchev–Trinajstić information content (AvgIpc) is 3.43. The number of para-hydroxylation sites is 1. The maximum absolute atomic E-state index is 4.87. The van der Waals surface area contributed by atoms with Crippen molar-refractivity contribution in [1.29, 1.82) is 0 Å². The topological polar surface area (TPSA) is 30.7 Å². The fourth-order valence-corrected chi connectivity index (χ4v) is 5.30. The molecule has 2 heterocycles. The lowest BCUT2D eigenvalue weighted by Gasteiger charge is -2.27. The van der Waals surface area contributed by atoms with E-state index in [9.17, 15) is 0 Å². The smallest absolute Gasteiger partial charge is 0.144 e. The van der Waals surface area contributed by atoms with Crippen molar-refractivity contribution in [2.24, 2.45) is 0 Å². The molecule has 0 bridgehead atoms. The number of hydrogen-bond acceptors (Lipinski definition) is 2. The molecule has 0 saturated carbocycles. The predicted octanol–water partition coefficient (Wildman–Crippen LogP) is 9.17. The molecule has 5 aromatic rings. The zero-order valence-corrected chi connectivity index (χ0v) is 23.3. The number of benzene rings is 3. The molecular formula is C35H37N3. The first kappa shape index (κ1) is 25.7. The van der Waals surface area contributed by atoms with Crippen LogP contribution in [-0.4, -0.2) is 14.5 Å². The van der Waals surface area contributed by atoms with Gasteiger partial charge in [0.05, 0.1) is 11.4 Å².